The molecule has 2 amide bonds. The first-order valence-corrected chi connectivity index (χ1v) is 6.60. The van der Waals surface area contributed by atoms with Crippen molar-refractivity contribution in [2.24, 2.45) is 0 Å². The molecule has 0 saturated carbocycles. The monoisotopic (exact) mass is 259 g/mol. The van der Waals surface area contributed by atoms with Crippen molar-refractivity contribution in [3.05, 3.63) is 23.8 Å². The molecule has 1 saturated heterocycles. The minimum Gasteiger partial charge on any atom is -0.381 e. The predicted molar refractivity (Wildman–Crippen MR) is 73.2 cm³/mol. The van der Waals surface area contributed by atoms with E-state index in [-0.39, 0.29) is 17.9 Å². The maximum Gasteiger partial charge on any atom is 0.249 e. The van der Waals surface area contributed by atoms with Crippen molar-refractivity contribution < 1.29 is 9.59 Å². The van der Waals surface area contributed by atoms with Gasteiger partial charge in [-0.15, -0.1) is 0 Å². The maximum absolute atomic E-state index is 12.0. The Balaban J connectivity index is 1.93. The molecule has 5 nitrogen and oxygen atoms in total. The molecule has 1 fully saturated rings. The molecule has 2 heterocycles. The molecule has 2 N–H and O–H groups in total. The summed E-state index contributed by atoms with van der Waals surface area (Å²) in [5, 5.41) is 5.82. The minimum atomic E-state index is -0.236. The summed E-state index contributed by atoms with van der Waals surface area (Å²) in [5.74, 6) is -0.341. The Hall–Kier alpha value is -2.04. The van der Waals surface area contributed by atoms with Gasteiger partial charge in [-0.1, -0.05) is 12.1 Å². The van der Waals surface area contributed by atoms with Crippen molar-refractivity contribution in [2.45, 2.75) is 25.8 Å². The number of imide groups is 1. The Kier molecular flexibility index (Phi) is 2.89. The van der Waals surface area contributed by atoms with Gasteiger partial charge in [-0.05, 0) is 25.0 Å². The number of amides is 2. The fourth-order valence-corrected chi connectivity index (χ4v) is 2.85. The molecule has 2 aliphatic heterocycles. The predicted octanol–water partition coefficient (Wildman–Crippen LogP) is 1.03. The molecule has 3 rings (SSSR count). The summed E-state index contributed by atoms with van der Waals surface area (Å²) in [6.07, 6.45) is 1.01. The lowest BCUT2D eigenvalue weighted by atomic mass is 10.0. The highest BCUT2D eigenvalue weighted by Gasteiger charge is 2.34. The maximum atomic E-state index is 12.0. The van der Waals surface area contributed by atoms with Gasteiger partial charge in [-0.3, -0.25) is 14.9 Å². The third-order valence-electron chi connectivity index (χ3n) is 3.80. The third-order valence-corrected chi connectivity index (χ3v) is 3.80. The molecule has 1 atom stereocenters. The van der Waals surface area contributed by atoms with Crippen LogP contribution in [0.25, 0.3) is 0 Å². The molecule has 1 unspecified atom stereocenters. The number of piperidine rings is 1. The number of rotatable bonds is 1. The molecule has 2 aliphatic rings. The zero-order chi connectivity index (χ0) is 13.4. The number of nitrogens with zero attached hydrogens (tertiary/aromatic N) is 1. The number of carbonyl (C=O) groups is 2. The van der Waals surface area contributed by atoms with Gasteiger partial charge >= 0.3 is 0 Å². The Labute approximate surface area is 112 Å². The fourth-order valence-electron chi connectivity index (χ4n) is 2.85. The second-order valence-electron chi connectivity index (χ2n) is 5.06. The van der Waals surface area contributed by atoms with E-state index in [9.17, 15) is 9.59 Å². The Morgan fingerprint density at radius 1 is 1.32 bits per heavy atom. The Morgan fingerprint density at radius 3 is 2.95 bits per heavy atom. The summed E-state index contributed by atoms with van der Waals surface area (Å²) in [5.41, 5.74) is 3.33. The van der Waals surface area contributed by atoms with Gasteiger partial charge in [0.1, 0.15) is 6.04 Å². The van der Waals surface area contributed by atoms with Crippen molar-refractivity contribution in [3.8, 4) is 0 Å². The molecule has 19 heavy (non-hydrogen) atoms. The number of hydrogen-bond donors (Lipinski definition) is 2. The highest BCUT2D eigenvalue weighted by atomic mass is 16.2. The van der Waals surface area contributed by atoms with E-state index in [1.807, 2.05) is 12.1 Å². The average molecular weight is 259 g/mol. The summed E-state index contributed by atoms with van der Waals surface area (Å²) in [6, 6.07) is 5.85. The molecule has 5 heteroatoms. The van der Waals surface area contributed by atoms with Crippen LogP contribution in [0, 0.1) is 6.92 Å². The van der Waals surface area contributed by atoms with Crippen molar-refractivity contribution in [2.75, 3.05) is 23.3 Å². The summed E-state index contributed by atoms with van der Waals surface area (Å²) >= 11 is 0. The molecule has 0 spiro atoms. The van der Waals surface area contributed by atoms with Crippen LogP contribution in [0.1, 0.15) is 18.4 Å². The van der Waals surface area contributed by atoms with E-state index in [4.69, 9.17) is 0 Å². The summed E-state index contributed by atoms with van der Waals surface area (Å²) < 4.78 is 0. The number of carbonyl (C=O) groups excluding carboxylic acids is 2. The van der Waals surface area contributed by atoms with E-state index in [2.05, 4.69) is 28.5 Å². The smallest absolute Gasteiger partial charge is 0.249 e. The summed E-state index contributed by atoms with van der Waals surface area (Å²) in [7, 11) is 0. The van der Waals surface area contributed by atoms with Gasteiger partial charge in [0.25, 0.3) is 0 Å². The van der Waals surface area contributed by atoms with E-state index < -0.39 is 0 Å². The molecular formula is C14H17N3O2. The first kappa shape index (κ1) is 12.0. The van der Waals surface area contributed by atoms with Crippen LogP contribution >= 0.6 is 0 Å². The van der Waals surface area contributed by atoms with Gasteiger partial charge in [0.2, 0.25) is 11.8 Å². The third kappa shape index (κ3) is 2.05. The molecule has 100 valence electrons. The lowest BCUT2D eigenvalue weighted by molar-refractivity contribution is -0.134. The van der Waals surface area contributed by atoms with E-state index >= 15 is 0 Å². The molecule has 0 bridgehead atoms. The molecule has 0 aliphatic carbocycles. The second-order valence-corrected chi connectivity index (χ2v) is 5.06. The highest BCUT2D eigenvalue weighted by molar-refractivity contribution is 6.02. The second kappa shape index (κ2) is 4.57. The zero-order valence-corrected chi connectivity index (χ0v) is 10.9. The van der Waals surface area contributed by atoms with Crippen LogP contribution in [0.4, 0.5) is 11.4 Å². The number of benzene rings is 1. The number of hydrogen-bond acceptors (Lipinski definition) is 4. The Bertz CT molecular complexity index is 541. The van der Waals surface area contributed by atoms with Gasteiger partial charge in [-0.25, -0.2) is 0 Å². The van der Waals surface area contributed by atoms with Crippen molar-refractivity contribution >= 4 is 23.2 Å². The van der Waals surface area contributed by atoms with Crippen LogP contribution in [-0.2, 0) is 9.59 Å². The number of anilines is 2. The summed E-state index contributed by atoms with van der Waals surface area (Å²) in [6.45, 7) is 3.65. The normalized spacial score (nSPS) is 22.6. The molecule has 0 radical (unpaired) electrons. The van der Waals surface area contributed by atoms with Gasteiger partial charge in [-0.2, -0.15) is 0 Å². The van der Waals surface area contributed by atoms with E-state index in [0.29, 0.717) is 12.8 Å². The van der Waals surface area contributed by atoms with Crippen LogP contribution in [0.5, 0.6) is 0 Å². The van der Waals surface area contributed by atoms with E-state index in [0.717, 1.165) is 24.5 Å². The molecule has 1 aromatic carbocycles. The SMILES string of the molecule is Cc1cccc2c1NCCN2C1CCC(=O)NC1=O. The van der Waals surface area contributed by atoms with E-state index in [1.54, 1.807) is 0 Å². The quantitative estimate of drug-likeness (QED) is 0.740. The molecular weight excluding hydrogens is 242 g/mol. The fraction of sp³-hybridized carbons (Fsp3) is 0.429. The first-order chi connectivity index (χ1) is 9.16. The number of nitrogens with one attached hydrogen (secondary N) is 2. The van der Waals surface area contributed by atoms with Crippen molar-refractivity contribution in [1.29, 1.82) is 0 Å². The summed E-state index contributed by atoms with van der Waals surface area (Å²) in [4.78, 5) is 25.4. The topological polar surface area (TPSA) is 61.4 Å². The molecule has 0 aromatic heterocycles. The Morgan fingerprint density at radius 2 is 2.16 bits per heavy atom. The van der Waals surface area contributed by atoms with Gasteiger partial charge in [0, 0.05) is 19.5 Å². The van der Waals surface area contributed by atoms with Gasteiger partial charge in [0.05, 0.1) is 11.4 Å². The molecule has 1 aromatic rings. The van der Waals surface area contributed by atoms with Crippen LogP contribution in [0.3, 0.4) is 0 Å². The van der Waals surface area contributed by atoms with Crippen LogP contribution in [0.2, 0.25) is 0 Å². The number of fused-ring (bicyclic) bond motifs is 1. The first-order valence-electron chi connectivity index (χ1n) is 6.60. The lowest BCUT2D eigenvalue weighted by Crippen LogP contribution is -2.54. The van der Waals surface area contributed by atoms with Gasteiger partial charge < -0.3 is 10.2 Å². The zero-order valence-electron chi connectivity index (χ0n) is 10.9. The van der Waals surface area contributed by atoms with Crippen LogP contribution in [0.15, 0.2) is 18.2 Å². The minimum absolute atomic E-state index is 0.166. The van der Waals surface area contributed by atoms with Crippen LogP contribution < -0.4 is 15.5 Å². The standard InChI is InChI=1S/C14H17N3O2/c1-9-3-2-4-10-13(9)15-7-8-17(10)11-5-6-12(18)16-14(11)19/h2-4,11,15H,5-8H2,1H3,(H,16,18,19). The lowest BCUT2D eigenvalue weighted by Gasteiger charge is -2.39. The van der Waals surface area contributed by atoms with Crippen LogP contribution in [-0.4, -0.2) is 30.9 Å². The number of aryl methyl sites for hydroxylation is 1. The van der Waals surface area contributed by atoms with Crippen molar-refractivity contribution in [3.63, 3.8) is 0 Å². The van der Waals surface area contributed by atoms with Crippen molar-refractivity contribution in [1.82, 2.24) is 5.32 Å². The van der Waals surface area contributed by atoms with E-state index in [1.165, 1.54) is 5.56 Å². The highest BCUT2D eigenvalue weighted by Crippen LogP contribution is 2.34. The van der Waals surface area contributed by atoms with Gasteiger partial charge in [0.15, 0.2) is 0 Å². The largest absolute Gasteiger partial charge is 0.381 e. The number of para-hydroxylation sites is 1. The average Bonchev–Trinajstić information content (AvgIpc) is 2.39.